The largest absolute Gasteiger partial charge is 0.481 e. The molecular formula is C21H25NO4. The average Bonchev–Trinajstić information content (AvgIpc) is 3.21. The van der Waals surface area contributed by atoms with E-state index in [1.807, 2.05) is 24.0 Å². The van der Waals surface area contributed by atoms with Crippen LogP contribution in [0, 0.1) is 25.7 Å². The summed E-state index contributed by atoms with van der Waals surface area (Å²) in [5.41, 5.74) is 1.69. The Bertz CT molecular complexity index is 904. The zero-order valence-corrected chi connectivity index (χ0v) is 15.6. The molecule has 1 aromatic heterocycles. The molecular weight excluding hydrogens is 330 g/mol. The first-order chi connectivity index (χ1) is 12.4. The maximum Gasteiger partial charge on any atom is 0.339 e. The second-order valence-corrected chi connectivity index (χ2v) is 7.75. The molecule has 2 aromatic rings. The van der Waals surface area contributed by atoms with E-state index >= 15 is 0 Å². The summed E-state index contributed by atoms with van der Waals surface area (Å²) in [5, 5.41) is 0.890. The highest BCUT2D eigenvalue weighted by molar-refractivity contribution is 5.83. The molecule has 1 unspecified atom stereocenters. The summed E-state index contributed by atoms with van der Waals surface area (Å²) in [6.45, 7) is 7.18. The van der Waals surface area contributed by atoms with Crippen molar-refractivity contribution in [2.45, 2.75) is 46.1 Å². The number of fused-ring (bicyclic) bond motifs is 2. The Kier molecular flexibility index (Phi) is 4.25. The number of ether oxygens (including phenoxy) is 1. The van der Waals surface area contributed by atoms with Crippen molar-refractivity contribution in [3.8, 4) is 5.75 Å². The van der Waals surface area contributed by atoms with Gasteiger partial charge in [0.25, 0.3) is 5.91 Å². The number of amides is 1. The third-order valence-electron chi connectivity index (χ3n) is 6.13. The summed E-state index contributed by atoms with van der Waals surface area (Å²) >= 11 is 0. The minimum Gasteiger partial charge on any atom is -0.481 e. The summed E-state index contributed by atoms with van der Waals surface area (Å²) in [4.78, 5) is 26.6. The van der Waals surface area contributed by atoms with Crippen molar-refractivity contribution < 1.29 is 13.9 Å². The number of likely N-dealkylation sites (tertiary alicyclic amines) is 1. The summed E-state index contributed by atoms with van der Waals surface area (Å²) in [5.74, 6) is 1.93. The smallest absolute Gasteiger partial charge is 0.339 e. The molecule has 3 atom stereocenters. The number of nitrogens with zero attached hydrogens (tertiary/aromatic N) is 1. The number of rotatable bonds is 3. The van der Waals surface area contributed by atoms with Crippen molar-refractivity contribution in [3.05, 3.63) is 39.7 Å². The van der Waals surface area contributed by atoms with Crippen molar-refractivity contribution in [1.82, 2.24) is 4.90 Å². The zero-order valence-electron chi connectivity index (χ0n) is 15.6. The summed E-state index contributed by atoms with van der Waals surface area (Å²) in [6.07, 6.45) is 3.23. The Hall–Kier alpha value is -2.30. The van der Waals surface area contributed by atoms with Gasteiger partial charge in [0.05, 0.1) is 0 Å². The van der Waals surface area contributed by atoms with E-state index in [1.54, 1.807) is 19.9 Å². The van der Waals surface area contributed by atoms with Crippen LogP contribution < -0.4 is 10.4 Å². The lowest BCUT2D eigenvalue weighted by Gasteiger charge is -2.22. The van der Waals surface area contributed by atoms with Crippen molar-refractivity contribution in [3.63, 3.8) is 0 Å². The number of carbonyl (C=O) groups is 1. The molecule has 5 heteroatoms. The van der Waals surface area contributed by atoms with Crippen molar-refractivity contribution in [2.24, 2.45) is 11.8 Å². The van der Waals surface area contributed by atoms with Gasteiger partial charge in [-0.05, 0) is 63.1 Å². The fourth-order valence-electron chi connectivity index (χ4n) is 4.43. The van der Waals surface area contributed by atoms with Crippen molar-refractivity contribution >= 4 is 16.9 Å². The van der Waals surface area contributed by atoms with E-state index in [0.717, 1.165) is 24.0 Å². The van der Waals surface area contributed by atoms with Crippen LogP contribution in [0.5, 0.6) is 5.75 Å². The van der Waals surface area contributed by atoms with Crippen LogP contribution >= 0.6 is 0 Å². The molecule has 1 aromatic carbocycles. The lowest BCUT2D eigenvalue weighted by atomic mass is 10.0. The Morgan fingerprint density at radius 3 is 2.58 bits per heavy atom. The van der Waals surface area contributed by atoms with Gasteiger partial charge in [-0.25, -0.2) is 4.79 Å². The van der Waals surface area contributed by atoms with Crippen LogP contribution in [0.1, 0.15) is 37.3 Å². The summed E-state index contributed by atoms with van der Waals surface area (Å²) < 4.78 is 11.3. The van der Waals surface area contributed by atoms with Crippen LogP contribution in [0.15, 0.2) is 27.4 Å². The molecule has 0 bridgehead atoms. The Balaban J connectivity index is 1.50. The standard InChI is InChI=1S/C21H25NO4/c1-12-13(2)21(24)26-19-9-17(7-8-18(12)19)25-14(3)20(23)22-10-15-5-4-6-16(15)11-22/h7-9,14-16H,4-6,10-11H2,1-3H3/t14?,15-,16+. The molecule has 2 fully saturated rings. The van der Waals surface area contributed by atoms with Gasteiger partial charge >= 0.3 is 5.63 Å². The van der Waals surface area contributed by atoms with Gasteiger partial charge in [-0.1, -0.05) is 6.42 Å². The topological polar surface area (TPSA) is 59.8 Å². The van der Waals surface area contributed by atoms with E-state index in [9.17, 15) is 9.59 Å². The molecule has 1 aliphatic carbocycles. The fraction of sp³-hybridized carbons (Fsp3) is 0.524. The molecule has 1 aliphatic heterocycles. The number of carbonyl (C=O) groups excluding carboxylic acids is 1. The number of aryl methyl sites for hydroxylation is 1. The van der Waals surface area contributed by atoms with Gasteiger partial charge in [0, 0.05) is 30.1 Å². The van der Waals surface area contributed by atoms with Gasteiger partial charge in [0.2, 0.25) is 0 Å². The molecule has 1 saturated carbocycles. The van der Waals surface area contributed by atoms with E-state index in [4.69, 9.17) is 9.15 Å². The lowest BCUT2D eigenvalue weighted by molar-refractivity contribution is -0.137. The second kappa shape index (κ2) is 6.45. The third-order valence-corrected chi connectivity index (χ3v) is 6.13. The maximum atomic E-state index is 12.7. The second-order valence-electron chi connectivity index (χ2n) is 7.75. The Morgan fingerprint density at radius 1 is 1.19 bits per heavy atom. The fourth-order valence-corrected chi connectivity index (χ4v) is 4.43. The van der Waals surface area contributed by atoms with Crippen molar-refractivity contribution in [2.75, 3.05) is 13.1 Å². The number of benzene rings is 1. The molecule has 26 heavy (non-hydrogen) atoms. The van der Waals surface area contributed by atoms with Crippen LogP contribution in [0.2, 0.25) is 0 Å². The molecule has 2 aliphatic rings. The van der Waals surface area contributed by atoms with Crippen LogP contribution in [-0.4, -0.2) is 30.0 Å². The van der Waals surface area contributed by atoms with Gasteiger partial charge in [0.1, 0.15) is 11.3 Å². The highest BCUT2D eigenvalue weighted by atomic mass is 16.5. The predicted octanol–water partition coefficient (Wildman–Crippen LogP) is 3.44. The van der Waals surface area contributed by atoms with Gasteiger partial charge in [0.15, 0.2) is 6.10 Å². The average molecular weight is 355 g/mol. The maximum absolute atomic E-state index is 12.7. The normalized spacial score (nSPS) is 23.3. The number of hydrogen-bond donors (Lipinski definition) is 0. The van der Waals surface area contributed by atoms with Crippen LogP contribution in [-0.2, 0) is 4.79 Å². The molecule has 0 spiro atoms. The number of hydrogen-bond acceptors (Lipinski definition) is 4. The molecule has 1 amide bonds. The van der Waals surface area contributed by atoms with Crippen LogP contribution in [0.4, 0.5) is 0 Å². The van der Waals surface area contributed by atoms with Gasteiger partial charge in [-0.2, -0.15) is 0 Å². The molecule has 4 rings (SSSR count). The monoisotopic (exact) mass is 355 g/mol. The van der Waals surface area contributed by atoms with Gasteiger partial charge < -0.3 is 14.1 Å². The minimum atomic E-state index is -0.551. The molecule has 0 N–H and O–H groups in total. The predicted molar refractivity (Wildman–Crippen MR) is 99.5 cm³/mol. The van der Waals surface area contributed by atoms with E-state index in [0.29, 0.717) is 28.7 Å². The first-order valence-corrected chi connectivity index (χ1v) is 9.43. The Morgan fingerprint density at radius 2 is 1.88 bits per heavy atom. The molecule has 1 saturated heterocycles. The van der Waals surface area contributed by atoms with Crippen LogP contribution in [0.25, 0.3) is 11.0 Å². The van der Waals surface area contributed by atoms with E-state index < -0.39 is 6.10 Å². The van der Waals surface area contributed by atoms with Crippen molar-refractivity contribution in [1.29, 1.82) is 0 Å². The highest BCUT2D eigenvalue weighted by Crippen LogP contribution is 2.38. The molecule has 2 heterocycles. The quantitative estimate of drug-likeness (QED) is 0.792. The molecule has 0 radical (unpaired) electrons. The van der Waals surface area contributed by atoms with Gasteiger partial charge in [-0.3, -0.25) is 4.79 Å². The highest BCUT2D eigenvalue weighted by Gasteiger charge is 2.39. The van der Waals surface area contributed by atoms with Gasteiger partial charge in [-0.15, -0.1) is 0 Å². The Labute approximate surface area is 152 Å². The lowest BCUT2D eigenvalue weighted by Crippen LogP contribution is -2.39. The van der Waals surface area contributed by atoms with E-state index in [2.05, 4.69) is 0 Å². The summed E-state index contributed by atoms with van der Waals surface area (Å²) in [7, 11) is 0. The third kappa shape index (κ3) is 2.89. The van der Waals surface area contributed by atoms with E-state index in [-0.39, 0.29) is 11.5 Å². The SMILES string of the molecule is Cc1c(C)c2ccc(OC(C)C(=O)N3C[C@H]4CCC[C@H]4C3)cc2oc1=O. The zero-order chi connectivity index (χ0) is 18.4. The first-order valence-electron chi connectivity index (χ1n) is 9.43. The van der Waals surface area contributed by atoms with Crippen LogP contribution in [0.3, 0.4) is 0 Å². The molecule has 5 nitrogen and oxygen atoms in total. The summed E-state index contributed by atoms with van der Waals surface area (Å²) in [6, 6.07) is 5.41. The minimum absolute atomic E-state index is 0.0426. The van der Waals surface area contributed by atoms with E-state index in [1.165, 1.54) is 19.3 Å². The first kappa shape index (κ1) is 17.1. The molecule has 138 valence electrons.